The molecular weight excluding hydrogens is 333 g/mol. The van der Waals surface area contributed by atoms with Gasteiger partial charge in [-0.1, -0.05) is 6.07 Å². The fraction of sp³-hybridized carbons (Fsp3) is 0.412. The normalized spacial score (nSPS) is 16.2. The molecule has 1 fully saturated rings. The van der Waals surface area contributed by atoms with E-state index in [2.05, 4.69) is 10.4 Å². The van der Waals surface area contributed by atoms with Crippen LogP contribution in [-0.2, 0) is 6.18 Å². The van der Waals surface area contributed by atoms with Gasteiger partial charge in [0.2, 0.25) is 0 Å². The molecule has 2 aromatic rings. The maximum atomic E-state index is 12.8. The van der Waals surface area contributed by atoms with Crippen LogP contribution in [0.2, 0.25) is 0 Å². The van der Waals surface area contributed by atoms with Crippen LogP contribution in [0, 0.1) is 0 Å². The summed E-state index contributed by atoms with van der Waals surface area (Å²) in [5, 5.41) is 7.36. The minimum Gasteiger partial charge on any atom is -0.337 e. The number of alkyl halides is 3. The molecule has 0 aliphatic carbocycles. The van der Waals surface area contributed by atoms with E-state index in [1.165, 1.54) is 29.1 Å². The number of carbonyl (C=O) groups excluding carboxylic acids is 1. The highest BCUT2D eigenvalue weighted by molar-refractivity contribution is 5.92. The number of aromatic nitrogens is 2. The number of likely N-dealkylation sites (tertiary alicyclic amines) is 1. The van der Waals surface area contributed by atoms with Crippen LogP contribution in [0.1, 0.15) is 28.9 Å². The Bertz CT molecular complexity index is 748. The van der Waals surface area contributed by atoms with Crippen molar-refractivity contribution in [1.29, 1.82) is 0 Å². The van der Waals surface area contributed by atoms with Gasteiger partial charge in [-0.05, 0) is 44.2 Å². The lowest BCUT2D eigenvalue weighted by Gasteiger charge is -2.31. The van der Waals surface area contributed by atoms with E-state index in [4.69, 9.17) is 0 Å². The molecule has 0 radical (unpaired) electrons. The lowest BCUT2D eigenvalue weighted by atomic mass is 10.1. The first-order valence-corrected chi connectivity index (χ1v) is 8.08. The molecule has 1 amide bonds. The van der Waals surface area contributed by atoms with Crippen LogP contribution in [-0.4, -0.2) is 46.8 Å². The molecule has 0 atom stereocenters. The van der Waals surface area contributed by atoms with E-state index in [1.54, 1.807) is 4.90 Å². The van der Waals surface area contributed by atoms with Gasteiger partial charge in [-0.15, -0.1) is 0 Å². The second-order valence-electron chi connectivity index (χ2n) is 6.05. The second kappa shape index (κ2) is 6.87. The van der Waals surface area contributed by atoms with E-state index in [0.717, 1.165) is 25.0 Å². The molecule has 1 aliphatic heterocycles. The molecule has 8 heteroatoms. The van der Waals surface area contributed by atoms with E-state index in [-0.39, 0.29) is 17.3 Å². The van der Waals surface area contributed by atoms with E-state index in [9.17, 15) is 18.0 Å². The van der Waals surface area contributed by atoms with Crippen molar-refractivity contribution in [3.63, 3.8) is 0 Å². The van der Waals surface area contributed by atoms with Crippen LogP contribution in [0.25, 0.3) is 5.69 Å². The smallest absolute Gasteiger partial charge is 0.337 e. The van der Waals surface area contributed by atoms with Crippen LogP contribution in [0.15, 0.2) is 36.5 Å². The first-order valence-electron chi connectivity index (χ1n) is 8.08. The third-order valence-electron chi connectivity index (χ3n) is 4.44. The molecule has 25 heavy (non-hydrogen) atoms. The summed E-state index contributed by atoms with van der Waals surface area (Å²) in [6.45, 7) is 1.28. The number of carbonyl (C=O) groups is 1. The number of hydrogen-bond donors (Lipinski definition) is 1. The summed E-state index contributed by atoms with van der Waals surface area (Å²) < 4.78 is 39.8. The molecule has 0 spiro atoms. The number of piperidine rings is 1. The van der Waals surface area contributed by atoms with Crippen molar-refractivity contribution in [2.24, 2.45) is 0 Å². The summed E-state index contributed by atoms with van der Waals surface area (Å²) in [5.41, 5.74) is -0.245. The van der Waals surface area contributed by atoms with Crippen molar-refractivity contribution in [3.8, 4) is 5.69 Å². The highest BCUT2D eigenvalue weighted by atomic mass is 19.4. The molecule has 5 nitrogen and oxygen atoms in total. The van der Waals surface area contributed by atoms with Gasteiger partial charge < -0.3 is 10.2 Å². The third kappa shape index (κ3) is 3.84. The summed E-state index contributed by atoms with van der Waals surface area (Å²) in [5.74, 6) is -0.194. The molecule has 2 heterocycles. The zero-order valence-corrected chi connectivity index (χ0v) is 13.8. The Balaban J connectivity index is 1.76. The summed E-state index contributed by atoms with van der Waals surface area (Å²) in [6.07, 6.45) is -1.17. The summed E-state index contributed by atoms with van der Waals surface area (Å²) in [6, 6.07) is 6.81. The van der Waals surface area contributed by atoms with Crippen LogP contribution >= 0.6 is 0 Å². The first-order chi connectivity index (χ1) is 11.9. The van der Waals surface area contributed by atoms with Crippen molar-refractivity contribution in [3.05, 3.63) is 47.8 Å². The molecule has 1 N–H and O–H groups in total. The predicted molar refractivity (Wildman–Crippen MR) is 86.6 cm³/mol. The minimum atomic E-state index is -4.42. The zero-order valence-electron chi connectivity index (χ0n) is 13.8. The fourth-order valence-corrected chi connectivity index (χ4v) is 2.94. The molecule has 1 aromatic heterocycles. The van der Waals surface area contributed by atoms with Crippen molar-refractivity contribution < 1.29 is 18.0 Å². The van der Waals surface area contributed by atoms with Crippen molar-refractivity contribution >= 4 is 5.91 Å². The van der Waals surface area contributed by atoms with E-state index < -0.39 is 11.7 Å². The van der Waals surface area contributed by atoms with Gasteiger partial charge in [-0.25, -0.2) is 4.68 Å². The Morgan fingerprint density at radius 2 is 1.96 bits per heavy atom. The maximum Gasteiger partial charge on any atom is 0.416 e. The first kappa shape index (κ1) is 17.5. The Morgan fingerprint density at radius 3 is 2.60 bits per heavy atom. The van der Waals surface area contributed by atoms with Gasteiger partial charge in [-0.3, -0.25) is 4.79 Å². The predicted octanol–water partition coefficient (Wildman–Crippen LogP) is 2.72. The van der Waals surface area contributed by atoms with Crippen LogP contribution in [0.3, 0.4) is 0 Å². The molecule has 134 valence electrons. The average Bonchev–Trinajstić information content (AvgIpc) is 3.11. The quantitative estimate of drug-likeness (QED) is 0.924. The highest BCUT2D eigenvalue weighted by Gasteiger charge is 2.30. The maximum absolute atomic E-state index is 12.8. The van der Waals surface area contributed by atoms with Crippen molar-refractivity contribution in [2.75, 3.05) is 20.1 Å². The van der Waals surface area contributed by atoms with E-state index in [0.29, 0.717) is 19.1 Å². The number of halogens is 3. The number of nitrogens with zero attached hydrogens (tertiary/aromatic N) is 3. The van der Waals surface area contributed by atoms with Gasteiger partial charge in [0.1, 0.15) is 0 Å². The Labute approximate surface area is 143 Å². The Hall–Kier alpha value is -2.35. The van der Waals surface area contributed by atoms with Crippen molar-refractivity contribution in [2.45, 2.75) is 25.1 Å². The van der Waals surface area contributed by atoms with E-state index in [1.807, 2.05) is 7.05 Å². The fourth-order valence-electron chi connectivity index (χ4n) is 2.94. The Kier molecular flexibility index (Phi) is 4.80. The highest BCUT2D eigenvalue weighted by Crippen LogP contribution is 2.30. The number of benzene rings is 1. The van der Waals surface area contributed by atoms with Crippen LogP contribution in [0.5, 0.6) is 0 Å². The topological polar surface area (TPSA) is 50.2 Å². The lowest BCUT2D eigenvalue weighted by molar-refractivity contribution is -0.137. The zero-order chi connectivity index (χ0) is 18.0. The van der Waals surface area contributed by atoms with Gasteiger partial charge >= 0.3 is 6.18 Å². The third-order valence-corrected chi connectivity index (χ3v) is 4.44. The molecule has 0 saturated carbocycles. The molecule has 1 saturated heterocycles. The molecule has 3 rings (SSSR count). The van der Waals surface area contributed by atoms with Gasteiger partial charge in [-0.2, -0.15) is 18.3 Å². The summed E-state index contributed by atoms with van der Waals surface area (Å²) in [4.78, 5) is 14.2. The minimum absolute atomic E-state index is 0.194. The number of nitrogens with one attached hydrogen (secondary N) is 1. The standard InChI is InChI=1S/C17H19F3N4O/c1-21-13-5-8-23(9-6-13)16(25)15-7-10-24(22-15)14-4-2-3-12(11-14)17(18,19)20/h2-4,7,10-11,13,21H,5-6,8-9H2,1H3. The molecule has 0 unspecified atom stereocenters. The molecule has 1 aliphatic rings. The van der Waals surface area contributed by atoms with E-state index >= 15 is 0 Å². The van der Waals surface area contributed by atoms with Crippen LogP contribution in [0.4, 0.5) is 13.2 Å². The second-order valence-corrected chi connectivity index (χ2v) is 6.05. The summed E-state index contributed by atoms with van der Waals surface area (Å²) in [7, 11) is 1.90. The lowest BCUT2D eigenvalue weighted by Crippen LogP contribution is -2.44. The number of hydrogen-bond acceptors (Lipinski definition) is 3. The van der Waals surface area contributed by atoms with Gasteiger partial charge in [0, 0.05) is 25.3 Å². The summed E-state index contributed by atoms with van der Waals surface area (Å²) >= 11 is 0. The van der Waals surface area contributed by atoms with Gasteiger partial charge in [0.15, 0.2) is 5.69 Å². The number of amides is 1. The number of rotatable bonds is 3. The molecular formula is C17H19F3N4O. The van der Waals surface area contributed by atoms with Gasteiger partial charge in [0.25, 0.3) is 5.91 Å². The molecule has 1 aromatic carbocycles. The molecule has 0 bridgehead atoms. The van der Waals surface area contributed by atoms with Gasteiger partial charge in [0.05, 0.1) is 11.3 Å². The SMILES string of the molecule is CNC1CCN(C(=O)c2ccn(-c3cccc(C(F)(F)F)c3)n2)CC1. The average molecular weight is 352 g/mol. The van der Waals surface area contributed by atoms with Crippen molar-refractivity contribution in [1.82, 2.24) is 20.0 Å². The Morgan fingerprint density at radius 1 is 1.24 bits per heavy atom. The monoisotopic (exact) mass is 352 g/mol. The largest absolute Gasteiger partial charge is 0.416 e. The van der Waals surface area contributed by atoms with Crippen LogP contribution < -0.4 is 5.32 Å².